The number of ether oxygens (including phenoxy) is 2. The SMILES string of the molecule is CC(C)(OC(=O)NC1CCCCCC=CC2CC2(C(=O)N2C3(CC3)S2(=O)=O)NC(O)C2CC3(CCc4c(c(C(F)(F)F)nc5ccc(Cl)cc45)O3)CN2C1=O)C(F)(F)F. The van der Waals surface area contributed by atoms with Crippen LogP contribution in [0.1, 0.15) is 89.3 Å². The molecule has 2 spiro atoms. The van der Waals surface area contributed by atoms with Crippen molar-refractivity contribution in [3.8, 4) is 5.75 Å². The van der Waals surface area contributed by atoms with E-state index >= 15 is 0 Å². The average Bonchev–Trinajstić information content (AvgIpc) is 4.08. The molecular formula is C38H42ClF6N5O8S. The van der Waals surface area contributed by atoms with E-state index in [1.165, 1.54) is 18.2 Å². The van der Waals surface area contributed by atoms with E-state index in [9.17, 15) is 54.3 Å². The second kappa shape index (κ2) is 13.8. The number of rotatable bonds is 3. The van der Waals surface area contributed by atoms with E-state index in [2.05, 4.69) is 15.6 Å². The van der Waals surface area contributed by atoms with E-state index in [1.807, 2.05) is 6.08 Å². The number of aryl methyl sites for hydroxylation is 1. The third-order valence-corrected chi connectivity index (χ3v) is 15.2. The molecule has 322 valence electrons. The molecule has 0 bridgehead atoms. The fourth-order valence-corrected chi connectivity index (χ4v) is 11.2. The predicted octanol–water partition coefficient (Wildman–Crippen LogP) is 5.86. The lowest BCUT2D eigenvalue weighted by atomic mass is 9.87. The van der Waals surface area contributed by atoms with Crippen LogP contribution >= 0.6 is 11.6 Å². The molecule has 59 heavy (non-hydrogen) atoms. The number of fused-ring (bicyclic) bond motifs is 5. The molecule has 8 rings (SSSR count). The number of nitrogens with zero attached hydrogens (tertiary/aromatic N) is 3. The van der Waals surface area contributed by atoms with Crippen LogP contribution in [0.2, 0.25) is 5.02 Å². The molecule has 2 aromatic rings. The minimum atomic E-state index is -4.99. The van der Waals surface area contributed by atoms with Crippen LogP contribution in [0.5, 0.6) is 5.75 Å². The molecule has 1 aromatic heterocycles. The van der Waals surface area contributed by atoms with Crippen molar-refractivity contribution in [1.82, 2.24) is 24.8 Å². The fraction of sp³-hybridized carbons (Fsp3) is 0.632. The first-order valence-corrected chi connectivity index (χ1v) is 21.2. The standard InChI is InChI=1S/C38H42ClF6N5O8S/c1-33(2,38(43,44)45)58-32(54)47-25-9-7-5-3-4-6-8-20-17-36(20,31(53)50-35(14-15-35)59(50,55)56)48-29(51)26-18-34(19-49(26)30(25)52)13-12-22-23-16-21(39)10-11-24(23)46-28(27(22)57-34)37(40,41)42/h6,8,10-11,16,20,25-26,29,48,51H,3-5,7,9,12-15,17-19H2,1-2H3,(H,47,54). The highest BCUT2D eigenvalue weighted by Gasteiger charge is 2.83. The largest absolute Gasteiger partial charge is 0.483 e. The van der Waals surface area contributed by atoms with Gasteiger partial charge < -0.3 is 24.8 Å². The number of amides is 3. The molecule has 3 N–H and O–H groups in total. The van der Waals surface area contributed by atoms with Crippen LogP contribution in [-0.2, 0) is 36.9 Å². The van der Waals surface area contributed by atoms with Gasteiger partial charge in [-0.05, 0) is 83.4 Å². The highest BCUT2D eigenvalue weighted by Crippen LogP contribution is 2.65. The maximum absolute atomic E-state index is 14.7. The van der Waals surface area contributed by atoms with Crippen LogP contribution in [0.4, 0.5) is 31.1 Å². The van der Waals surface area contributed by atoms with Crippen molar-refractivity contribution in [1.29, 1.82) is 0 Å². The van der Waals surface area contributed by atoms with Gasteiger partial charge >= 0.3 is 18.4 Å². The number of aliphatic hydroxyl groups excluding tert-OH is 1. The van der Waals surface area contributed by atoms with Crippen LogP contribution < -0.4 is 15.4 Å². The number of allylic oxidation sites excluding steroid dienone is 1. The van der Waals surface area contributed by atoms with Crippen molar-refractivity contribution in [3.05, 3.63) is 46.6 Å². The molecule has 6 unspecified atom stereocenters. The van der Waals surface area contributed by atoms with Crippen molar-refractivity contribution in [2.75, 3.05) is 6.54 Å². The lowest BCUT2D eigenvalue weighted by molar-refractivity contribution is -0.244. The number of benzene rings is 1. The Morgan fingerprint density at radius 3 is 2.47 bits per heavy atom. The van der Waals surface area contributed by atoms with Gasteiger partial charge in [0, 0.05) is 28.3 Å². The number of hydrogen-bond acceptors (Lipinski definition) is 10. The molecule has 4 aliphatic heterocycles. The van der Waals surface area contributed by atoms with Crippen molar-refractivity contribution in [3.63, 3.8) is 0 Å². The Morgan fingerprint density at radius 1 is 1.08 bits per heavy atom. The number of sulfonamides is 1. The summed E-state index contributed by atoms with van der Waals surface area (Å²) in [5.41, 5.74) is -7.30. The Kier molecular flexibility index (Phi) is 9.80. The summed E-state index contributed by atoms with van der Waals surface area (Å²) < 4.78 is 123. The fourth-order valence-electron chi connectivity index (χ4n) is 8.90. The molecule has 13 nitrogen and oxygen atoms in total. The number of nitrogens with one attached hydrogen (secondary N) is 2. The lowest BCUT2D eigenvalue weighted by Gasteiger charge is -2.37. The number of aliphatic hydroxyl groups is 1. The first-order chi connectivity index (χ1) is 27.5. The maximum Gasteiger partial charge on any atom is 0.437 e. The minimum Gasteiger partial charge on any atom is -0.483 e. The van der Waals surface area contributed by atoms with E-state index < -0.39 is 104 Å². The van der Waals surface area contributed by atoms with Crippen molar-refractivity contribution in [2.45, 2.75) is 137 Å². The number of halogens is 7. The van der Waals surface area contributed by atoms with Gasteiger partial charge in [0.1, 0.15) is 23.4 Å². The Morgan fingerprint density at radius 2 is 1.81 bits per heavy atom. The second-order valence-electron chi connectivity index (χ2n) is 17.0. The van der Waals surface area contributed by atoms with Crippen molar-refractivity contribution in [2.24, 2.45) is 5.92 Å². The highest BCUT2D eigenvalue weighted by atomic mass is 35.5. The van der Waals surface area contributed by atoms with E-state index in [1.54, 1.807) is 6.08 Å². The predicted molar refractivity (Wildman–Crippen MR) is 197 cm³/mol. The van der Waals surface area contributed by atoms with Gasteiger partial charge in [0.15, 0.2) is 16.3 Å². The average molecular weight is 878 g/mol. The lowest BCUT2D eigenvalue weighted by Crippen LogP contribution is -2.59. The zero-order valence-electron chi connectivity index (χ0n) is 31.9. The number of aromatic nitrogens is 1. The highest BCUT2D eigenvalue weighted by molar-refractivity contribution is 7.98. The van der Waals surface area contributed by atoms with Gasteiger partial charge in [0.2, 0.25) is 11.5 Å². The van der Waals surface area contributed by atoms with E-state index in [0.29, 0.717) is 44.9 Å². The first kappa shape index (κ1) is 41.8. The van der Waals surface area contributed by atoms with Crippen LogP contribution in [0, 0.1) is 5.92 Å². The van der Waals surface area contributed by atoms with Crippen molar-refractivity contribution < 1.29 is 63.7 Å². The summed E-state index contributed by atoms with van der Waals surface area (Å²) in [5, 5.41) is 17.8. The number of pyridine rings is 1. The van der Waals surface area contributed by atoms with E-state index in [4.69, 9.17) is 21.1 Å². The van der Waals surface area contributed by atoms with Crippen LogP contribution in [0.15, 0.2) is 30.4 Å². The topological polar surface area (TPSA) is 167 Å². The molecule has 2 aliphatic carbocycles. The second-order valence-corrected chi connectivity index (χ2v) is 19.5. The number of alkyl halides is 6. The third-order valence-electron chi connectivity index (χ3n) is 12.6. The molecule has 0 radical (unpaired) electrons. The zero-order chi connectivity index (χ0) is 42.7. The maximum atomic E-state index is 14.7. The van der Waals surface area contributed by atoms with E-state index in [-0.39, 0.29) is 61.0 Å². The molecule has 5 heterocycles. The van der Waals surface area contributed by atoms with Crippen LogP contribution in [-0.4, -0.2) is 98.3 Å². The molecule has 2 saturated heterocycles. The summed E-state index contributed by atoms with van der Waals surface area (Å²) in [6, 6.07) is 1.33. The monoisotopic (exact) mass is 877 g/mol. The Hall–Kier alpha value is -3.88. The molecule has 6 atom stereocenters. The van der Waals surface area contributed by atoms with Crippen LogP contribution in [0.3, 0.4) is 0 Å². The van der Waals surface area contributed by atoms with Gasteiger partial charge in [-0.2, -0.15) is 26.3 Å². The smallest absolute Gasteiger partial charge is 0.437 e. The van der Waals surface area contributed by atoms with Gasteiger partial charge in [-0.25, -0.2) is 22.5 Å². The Balaban J connectivity index is 1.17. The molecule has 21 heteroatoms. The molecule has 4 fully saturated rings. The van der Waals surface area contributed by atoms with Crippen molar-refractivity contribution >= 4 is 50.4 Å². The minimum absolute atomic E-state index is 0.0131. The Labute approximate surface area is 339 Å². The third kappa shape index (κ3) is 7.08. The summed E-state index contributed by atoms with van der Waals surface area (Å²) in [5.74, 6) is -2.82. The molecule has 3 amide bonds. The molecule has 1 aromatic carbocycles. The van der Waals surface area contributed by atoms with Gasteiger partial charge in [-0.1, -0.05) is 36.6 Å². The van der Waals surface area contributed by atoms with Gasteiger partial charge in [-0.3, -0.25) is 14.9 Å². The summed E-state index contributed by atoms with van der Waals surface area (Å²) in [6.07, 6.45) is -7.61. The number of carbonyl (C=O) groups excluding carboxylic acids is 3. The zero-order valence-corrected chi connectivity index (χ0v) is 33.5. The van der Waals surface area contributed by atoms with Gasteiger partial charge in [-0.15, -0.1) is 0 Å². The molecule has 6 aliphatic rings. The first-order valence-electron chi connectivity index (χ1n) is 19.4. The summed E-state index contributed by atoms with van der Waals surface area (Å²) in [6.45, 7) is 0.822. The van der Waals surface area contributed by atoms with E-state index in [0.717, 1.165) is 9.21 Å². The van der Waals surface area contributed by atoms with Gasteiger partial charge in [0.25, 0.3) is 15.9 Å². The summed E-state index contributed by atoms with van der Waals surface area (Å²) >= 11 is 6.22. The number of alkyl carbamates (subject to hydrolysis) is 1. The van der Waals surface area contributed by atoms with Gasteiger partial charge in [0.05, 0.1) is 18.1 Å². The molecular weight excluding hydrogens is 836 g/mol. The Bertz CT molecular complexity index is 2250. The normalized spacial score (nSPS) is 31.4. The van der Waals surface area contributed by atoms with Crippen LogP contribution in [0.25, 0.3) is 10.9 Å². The number of carbonyl (C=O) groups is 3. The summed E-state index contributed by atoms with van der Waals surface area (Å²) in [7, 11) is -3.90. The summed E-state index contributed by atoms with van der Waals surface area (Å²) in [4.78, 5) is 45.5. The quantitative estimate of drug-likeness (QED) is 0.193. The molecule has 2 saturated carbocycles. The number of hydrogen-bond donors (Lipinski definition) is 3.